The highest BCUT2D eigenvalue weighted by molar-refractivity contribution is 9.10. The number of rotatable bonds is 13. The molecule has 0 amide bonds. The molecule has 0 heterocycles. The number of halogens is 2. The second-order valence-electron chi connectivity index (χ2n) is 8.21. The summed E-state index contributed by atoms with van der Waals surface area (Å²) in [6.45, 7) is 0. The lowest BCUT2D eigenvalue weighted by Crippen LogP contribution is -2.03. The average molecular weight is 649 g/mol. The molecule has 0 aromatic heterocycles. The Morgan fingerprint density at radius 2 is 1.27 bits per heavy atom. The summed E-state index contributed by atoms with van der Waals surface area (Å²) < 4.78 is 38.3. The van der Waals surface area contributed by atoms with Crippen molar-refractivity contribution in [1.82, 2.24) is 0 Å². The van der Waals surface area contributed by atoms with Crippen LogP contribution in [0.5, 0.6) is 40.2 Å². The van der Waals surface area contributed by atoms with Crippen LogP contribution in [0.1, 0.15) is 21.5 Å². The number of hydrogen-bond acceptors (Lipinski definition) is 9. The third-order valence-electron chi connectivity index (χ3n) is 5.97. The number of methoxy groups -OCH3 is 7. The van der Waals surface area contributed by atoms with E-state index < -0.39 is 0 Å². The van der Waals surface area contributed by atoms with Crippen molar-refractivity contribution in [3.05, 3.63) is 68.8 Å². The van der Waals surface area contributed by atoms with Crippen molar-refractivity contribution in [2.75, 3.05) is 55.1 Å². The number of carbonyl (C=O) groups is 1. The van der Waals surface area contributed by atoms with E-state index in [-0.39, 0.29) is 5.78 Å². The zero-order valence-electron chi connectivity index (χ0n) is 23.7. The van der Waals surface area contributed by atoms with Crippen LogP contribution in [-0.4, -0.2) is 55.6 Å². The minimum absolute atomic E-state index is 0.306. The zero-order chi connectivity index (χ0) is 30.1. The van der Waals surface area contributed by atoms with Gasteiger partial charge >= 0.3 is 0 Å². The third-order valence-corrected chi connectivity index (χ3v) is 7.06. The van der Waals surface area contributed by atoms with Gasteiger partial charge in [0.2, 0.25) is 11.5 Å². The molecule has 0 aliphatic carbocycles. The Morgan fingerprint density at radius 1 is 0.707 bits per heavy atom. The standard InChI is InChI=1S/C30H31BrClNO8/c1-35-23-16-21(33-11-10-22(34)19-15-26(38-4)29(40-6)30(41-7)27(19)31)18(14-20(23)32)9-8-17-12-24(36-2)28(39-5)25(13-17)37-3/h8-16,33H,1-7H3/b9-8-,11-10-. The van der Waals surface area contributed by atoms with E-state index in [1.165, 1.54) is 40.7 Å². The highest BCUT2D eigenvalue weighted by atomic mass is 79.9. The Labute approximate surface area is 252 Å². The quantitative estimate of drug-likeness (QED) is 0.118. The van der Waals surface area contributed by atoms with E-state index in [0.717, 1.165) is 11.1 Å². The molecule has 218 valence electrons. The summed E-state index contributed by atoms with van der Waals surface area (Å²) in [7, 11) is 10.6. The first-order valence-corrected chi connectivity index (χ1v) is 13.2. The van der Waals surface area contributed by atoms with Gasteiger partial charge < -0.3 is 38.5 Å². The minimum Gasteiger partial charge on any atom is -0.495 e. The summed E-state index contributed by atoms with van der Waals surface area (Å²) >= 11 is 9.87. The highest BCUT2D eigenvalue weighted by Crippen LogP contribution is 2.45. The van der Waals surface area contributed by atoms with Gasteiger partial charge in [0.05, 0.1) is 59.3 Å². The summed E-state index contributed by atoms with van der Waals surface area (Å²) in [4.78, 5) is 13.1. The van der Waals surface area contributed by atoms with Crippen molar-refractivity contribution in [2.45, 2.75) is 0 Å². The molecule has 0 aliphatic rings. The van der Waals surface area contributed by atoms with Gasteiger partial charge in [-0.2, -0.15) is 0 Å². The van der Waals surface area contributed by atoms with Crippen LogP contribution in [0.2, 0.25) is 5.02 Å². The van der Waals surface area contributed by atoms with E-state index in [2.05, 4.69) is 21.2 Å². The van der Waals surface area contributed by atoms with E-state index in [4.69, 9.17) is 44.8 Å². The van der Waals surface area contributed by atoms with Crippen molar-refractivity contribution in [1.29, 1.82) is 0 Å². The number of anilines is 1. The van der Waals surface area contributed by atoms with Crippen LogP contribution in [-0.2, 0) is 0 Å². The molecule has 41 heavy (non-hydrogen) atoms. The smallest absolute Gasteiger partial charge is 0.204 e. The molecule has 0 unspecified atom stereocenters. The van der Waals surface area contributed by atoms with Crippen LogP contribution >= 0.6 is 27.5 Å². The van der Waals surface area contributed by atoms with Gasteiger partial charge in [-0.25, -0.2) is 0 Å². The highest BCUT2D eigenvalue weighted by Gasteiger charge is 2.22. The second kappa shape index (κ2) is 14.6. The molecule has 0 spiro atoms. The van der Waals surface area contributed by atoms with Gasteiger partial charge in [0.25, 0.3) is 0 Å². The molecule has 0 bridgehead atoms. The second-order valence-corrected chi connectivity index (χ2v) is 9.41. The van der Waals surface area contributed by atoms with Crippen LogP contribution in [0.15, 0.2) is 47.1 Å². The van der Waals surface area contributed by atoms with Crippen molar-refractivity contribution in [3.8, 4) is 40.2 Å². The Kier molecular flexibility index (Phi) is 11.2. The van der Waals surface area contributed by atoms with Crippen molar-refractivity contribution in [2.24, 2.45) is 0 Å². The maximum atomic E-state index is 13.1. The minimum atomic E-state index is -0.306. The van der Waals surface area contributed by atoms with Gasteiger partial charge in [-0.3, -0.25) is 4.79 Å². The molecule has 0 atom stereocenters. The fourth-order valence-electron chi connectivity index (χ4n) is 3.97. The van der Waals surface area contributed by atoms with Crippen LogP contribution < -0.4 is 38.5 Å². The number of benzene rings is 3. The first-order valence-electron chi connectivity index (χ1n) is 12.1. The van der Waals surface area contributed by atoms with Crippen LogP contribution in [0.25, 0.3) is 12.2 Å². The van der Waals surface area contributed by atoms with Gasteiger partial charge in [0.1, 0.15) is 5.75 Å². The van der Waals surface area contributed by atoms with E-state index in [0.29, 0.717) is 61.0 Å². The van der Waals surface area contributed by atoms with Gasteiger partial charge in [0, 0.05) is 29.6 Å². The first-order chi connectivity index (χ1) is 19.8. The van der Waals surface area contributed by atoms with Gasteiger partial charge in [-0.05, 0) is 51.3 Å². The van der Waals surface area contributed by atoms with Gasteiger partial charge in [0.15, 0.2) is 28.8 Å². The molecule has 0 saturated carbocycles. The van der Waals surface area contributed by atoms with Crippen molar-refractivity contribution < 1.29 is 38.0 Å². The number of hydrogen-bond donors (Lipinski definition) is 1. The third kappa shape index (κ3) is 7.01. The number of ketones is 1. The molecule has 11 heteroatoms. The fourth-order valence-corrected chi connectivity index (χ4v) is 4.87. The molecule has 0 aliphatic heterocycles. The van der Waals surface area contributed by atoms with Crippen LogP contribution in [0.3, 0.4) is 0 Å². The molecule has 3 aromatic carbocycles. The Morgan fingerprint density at radius 3 is 1.80 bits per heavy atom. The monoisotopic (exact) mass is 647 g/mol. The summed E-state index contributed by atoms with van der Waals surface area (Å²) in [5.74, 6) is 2.78. The van der Waals surface area contributed by atoms with E-state index in [9.17, 15) is 4.79 Å². The molecule has 3 aromatic rings. The van der Waals surface area contributed by atoms with Gasteiger partial charge in [-0.15, -0.1) is 0 Å². The first kappa shape index (κ1) is 31.5. The molecule has 0 saturated heterocycles. The Hall–Kier alpha value is -4.02. The summed E-state index contributed by atoms with van der Waals surface area (Å²) in [5, 5.41) is 3.57. The Balaban J connectivity index is 1.95. The summed E-state index contributed by atoms with van der Waals surface area (Å²) in [6.07, 6.45) is 6.64. The lowest BCUT2D eigenvalue weighted by molar-refractivity contribution is 0.104. The van der Waals surface area contributed by atoms with E-state index in [1.807, 2.05) is 24.3 Å². The van der Waals surface area contributed by atoms with Crippen LogP contribution in [0.4, 0.5) is 5.69 Å². The molecule has 0 fully saturated rings. The number of allylic oxidation sites excluding steroid dienone is 1. The van der Waals surface area contributed by atoms with E-state index in [1.54, 1.807) is 39.5 Å². The lowest BCUT2D eigenvalue weighted by atomic mass is 10.1. The normalized spacial score (nSPS) is 11.0. The predicted octanol–water partition coefficient (Wildman–Crippen LogP) is 7.14. The fraction of sp³-hybridized carbons (Fsp3) is 0.233. The van der Waals surface area contributed by atoms with Crippen molar-refractivity contribution in [3.63, 3.8) is 0 Å². The SMILES string of the molecule is COc1cc(N/C=C\C(=O)c2cc(OC)c(OC)c(OC)c2Br)c(/C=C\c2cc(OC)c(OC)c(OC)c2)cc1Cl. The summed E-state index contributed by atoms with van der Waals surface area (Å²) in [5.41, 5.74) is 2.50. The molecule has 9 nitrogen and oxygen atoms in total. The van der Waals surface area contributed by atoms with Gasteiger partial charge in [-0.1, -0.05) is 23.8 Å². The molecular weight excluding hydrogens is 618 g/mol. The zero-order valence-corrected chi connectivity index (χ0v) is 26.1. The van der Waals surface area contributed by atoms with Crippen molar-refractivity contribution >= 4 is 51.2 Å². The molecule has 3 rings (SSSR count). The molecular formula is C30H31BrClNO8. The Bertz CT molecular complexity index is 1450. The predicted molar refractivity (Wildman–Crippen MR) is 164 cm³/mol. The largest absolute Gasteiger partial charge is 0.495 e. The number of nitrogens with one attached hydrogen (secondary N) is 1. The average Bonchev–Trinajstić information content (AvgIpc) is 2.99. The number of carbonyl (C=O) groups excluding carboxylic acids is 1. The van der Waals surface area contributed by atoms with Crippen LogP contribution in [0, 0.1) is 0 Å². The number of ether oxygens (including phenoxy) is 7. The molecule has 1 N–H and O–H groups in total. The summed E-state index contributed by atoms with van der Waals surface area (Å²) in [6, 6.07) is 8.72. The maximum Gasteiger partial charge on any atom is 0.204 e. The molecule has 0 radical (unpaired) electrons. The lowest BCUT2D eigenvalue weighted by Gasteiger charge is -2.15. The van der Waals surface area contributed by atoms with E-state index >= 15 is 0 Å². The topological polar surface area (TPSA) is 93.7 Å². The maximum absolute atomic E-state index is 13.1.